The first-order valence-electron chi connectivity index (χ1n) is 19.1. The fraction of sp³-hybridized carbons (Fsp3) is 0.600. The minimum atomic E-state index is -4.86. The minimum absolute atomic E-state index is 0. The van der Waals surface area contributed by atoms with Gasteiger partial charge in [-0.25, -0.2) is 36.0 Å². The van der Waals surface area contributed by atoms with E-state index >= 15 is 0 Å². The van der Waals surface area contributed by atoms with Crippen LogP contribution in [-0.2, 0) is 39.2 Å². The molecule has 0 aromatic heterocycles. The van der Waals surface area contributed by atoms with Crippen LogP contribution in [0.1, 0.15) is 148 Å². The molecular weight excluding hydrogens is 906 g/mol. The molecular formula is C40H58BaO14S2. The van der Waals surface area contributed by atoms with E-state index in [1.54, 1.807) is 0 Å². The van der Waals surface area contributed by atoms with Gasteiger partial charge in [0.2, 0.25) is 0 Å². The van der Waals surface area contributed by atoms with E-state index in [1.165, 1.54) is 12.1 Å². The molecule has 0 radical (unpaired) electrons. The maximum Gasteiger partial charge on any atom is 2.00 e. The molecule has 0 fully saturated rings. The SMILES string of the molecule is CCCC(C)COC(=O)c1cc(C(=O)OCC(C)CCC)cc(S(=O)(=O)[O-])c1.CCCC(C)COC(=O)c1cc(C(=O)OCC(C)CCC)cc(S(=O)(=O)[O-])c1.[Ba+2]. The van der Waals surface area contributed by atoms with Crippen molar-refractivity contribution in [2.45, 2.75) is 117 Å². The van der Waals surface area contributed by atoms with Gasteiger partial charge in [0.25, 0.3) is 0 Å². The molecule has 2 aromatic rings. The third kappa shape index (κ3) is 21.5. The average Bonchev–Trinajstić information content (AvgIpc) is 3.13. The van der Waals surface area contributed by atoms with Crippen LogP contribution in [0.2, 0.25) is 0 Å². The van der Waals surface area contributed by atoms with E-state index in [-0.39, 0.29) is 121 Å². The monoisotopic (exact) mass is 964 g/mol. The Morgan fingerprint density at radius 3 is 0.807 bits per heavy atom. The second kappa shape index (κ2) is 27.5. The number of carbonyl (C=O) groups is 4. The van der Waals surface area contributed by atoms with Crippen LogP contribution in [0.3, 0.4) is 0 Å². The molecule has 4 atom stereocenters. The van der Waals surface area contributed by atoms with E-state index in [0.29, 0.717) is 0 Å². The van der Waals surface area contributed by atoms with Crippen LogP contribution in [0.15, 0.2) is 46.2 Å². The first kappa shape index (κ1) is 54.7. The van der Waals surface area contributed by atoms with Gasteiger partial charge in [0.1, 0.15) is 20.2 Å². The Labute approximate surface area is 379 Å². The summed E-state index contributed by atoms with van der Waals surface area (Å²) in [7, 11) is -9.72. The van der Waals surface area contributed by atoms with Gasteiger partial charge in [-0.1, -0.05) is 81.1 Å². The van der Waals surface area contributed by atoms with Gasteiger partial charge in [0.15, 0.2) is 0 Å². The molecule has 17 heteroatoms. The summed E-state index contributed by atoms with van der Waals surface area (Å²) < 4.78 is 89.3. The van der Waals surface area contributed by atoms with Crippen molar-refractivity contribution in [1.82, 2.24) is 0 Å². The van der Waals surface area contributed by atoms with Crippen LogP contribution in [0, 0.1) is 23.7 Å². The van der Waals surface area contributed by atoms with Crippen LogP contribution in [0.25, 0.3) is 0 Å². The Bertz CT molecular complexity index is 1590. The molecule has 0 aliphatic heterocycles. The summed E-state index contributed by atoms with van der Waals surface area (Å²) in [6, 6.07) is 6.07. The summed E-state index contributed by atoms with van der Waals surface area (Å²) in [5.41, 5.74) is -0.688. The number of hydrogen-bond donors (Lipinski definition) is 0. The van der Waals surface area contributed by atoms with E-state index in [4.69, 9.17) is 18.9 Å². The second-order valence-electron chi connectivity index (χ2n) is 14.4. The standard InChI is InChI=1S/2C20H30O7S.Ba/c2*1-5-7-14(3)12-26-19(21)16-9-17(11-18(10-16)28(23,24)25)20(22)27-13-15(4)8-6-2;/h2*9-11,14-15H,5-8,12-13H2,1-4H3,(H,23,24,25);/q;;+2/p-2. The van der Waals surface area contributed by atoms with E-state index in [2.05, 4.69) is 0 Å². The molecule has 2 aromatic carbocycles. The van der Waals surface area contributed by atoms with Gasteiger partial charge in [-0.3, -0.25) is 0 Å². The fourth-order valence-electron chi connectivity index (χ4n) is 5.47. The van der Waals surface area contributed by atoms with Gasteiger partial charge < -0.3 is 28.1 Å². The number of rotatable bonds is 22. The number of carbonyl (C=O) groups excluding carboxylic acids is 4. The van der Waals surface area contributed by atoms with Crippen LogP contribution >= 0.6 is 0 Å². The van der Waals surface area contributed by atoms with Crippen molar-refractivity contribution in [3.8, 4) is 0 Å². The molecule has 0 aliphatic carbocycles. The Kier molecular flexibility index (Phi) is 26.4. The van der Waals surface area contributed by atoms with Crippen LogP contribution in [0.5, 0.6) is 0 Å². The molecule has 57 heavy (non-hydrogen) atoms. The van der Waals surface area contributed by atoms with Gasteiger partial charge in [0.05, 0.1) is 58.5 Å². The normalized spacial score (nSPS) is 13.4. The van der Waals surface area contributed by atoms with Gasteiger partial charge >= 0.3 is 72.8 Å². The summed E-state index contributed by atoms with van der Waals surface area (Å²) >= 11 is 0. The molecule has 0 heterocycles. The molecule has 0 bridgehead atoms. The van der Waals surface area contributed by atoms with Crippen molar-refractivity contribution in [2.24, 2.45) is 23.7 Å². The maximum atomic E-state index is 12.3. The molecule has 0 saturated carbocycles. The number of esters is 4. The van der Waals surface area contributed by atoms with Gasteiger partial charge in [-0.15, -0.1) is 0 Å². The summed E-state index contributed by atoms with van der Waals surface area (Å²) in [4.78, 5) is 47.8. The van der Waals surface area contributed by atoms with Crippen molar-refractivity contribution < 1.29 is 64.1 Å². The van der Waals surface area contributed by atoms with E-state index < -0.39 is 53.9 Å². The zero-order valence-corrected chi connectivity index (χ0v) is 40.6. The van der Waals surface area contributed by atoms with Crippen LogP contribution in [0.4, 0.5) is 0 Å². The zero-order chi connectivity index (χ0) is 42.6. The van der Waals surface area contributed by atoms with Crippen molar-refractivity contribution in [1.29, 1.82) is 0 Å². The molecule has 0 spiro atoms. The number of ether oxygens (including phenoxy) is 4. The van der Waals surface area contributed by atoms with E-state index in [1.807, 2.05) is 55.4 Å². The zero-order valence-electron chi connectivity index (χ0n) is 34.5. The van der Waals surface area contributed by atoms with Crippen molar-refractivity contribution in [3.05, 3.63) is 58.7 Å². The predicted octanol–water partition coefficient (Wildman–Crippen LogP) is 7.17. The molecule has 316 valence electrons. The summed E-state index contributed by atoms with van der Waals surface area (Å²) in [6.07, 6.45) is 7.24. The molecule has 14 nitrogen and oxygen atoms in total. The molecule has 0 aliphatic rings. The summed E-state index contributed by atoms with van der Waals surface area (Å²) in [6.45, 7) is 16.4. The Morgan fingerprint density at radius 2 is 0.649 bits per heavy atom. The third-order valence-corrected chi connectivity index (χ3v) is 10.1. The maximum absolute atomic E-state index is 12.3. The topological polar surface area (TPSA) is 220 Å². The second-order valence-corrected chi connectivity index (χ2v) is 17.1. The van der Waals surface area contributed by atoms with Crippen LogP contribution in [-0.4, -0.2) is 125 Å². The first-order valence-corrected chi connectivity index (χ1v) is 21.9. The van der Waals surface area contributed by atoms with E-state index in [9.17, 15) is 45.1 Å². The van der Waals surface area contributed by atoms with Gasteiger partial charge in [-0.05, 0) is 85.8 Å². The van der Waals surface area contributed by atoms with E-state index in [0.717, 1.165) is 75.6 Å². The molecule has 0 N–H and O–H groups in total. The van der Waals surface area contributed by atoms with Gasteiger partial charge in [-0.2, -0.15) is 0 Å². The molecule has 2 rings (SSSR count). The molecule has 0 amide bonds. The Balaban J connectivity index is 0.00000108. The smallest absolute Gasteiger partial charge is 0.744 e. The van der Waals surface area contributed by atoms with Crippen LogP contribution < -0.4 is 0 Å². The van der Waals surface area contributed by atoms with Crippen molar-refractivity contribution in [3.63, 3.8) is 0 Å². The molecule has 0 saturated heterocycles. The summed E-state index contributed by atoms with van der Waals surface area (Å²) in [5, 5.41) is 0. The average molecular weight is 964 g/mol. The largest absolute Gasteiger partial charge is 2.00 e. The number of benzene rings is 2. The Hall–Kier alpha value is -2.29. The summed E-state index contributed by atoms with van der Waals surface area (Å²) in [5.74, 6) is -2.59. The van der Waals surface area contributed by atoms with Crippen molar-refractivity contribution in [2.75, 3.05) is 26.4 Å². The molecule has 4 unspecified atom stereocenters. The predicted molar refractivity (Wildman–Crippen MR) is 212 cm³/mol. The number of hydrogen-bond acceptors (Lipinski definition) is 14. The van der Waals surface area contributed by atoms with Gasteiger partial charge in [0, 0.05) is 0 Å². The van der Waals surface area contributed by atoms with Crippen molar-refractivity contribution >= 4 is 93.0 Å². The Morgan fingerprint density at radius 1 is 0.456 bits per heavy atom. The quantitative estimate of drug-likeness (QED) is 0.0494. The first-order chi connectivity index (χ1) is 26.2. The third-order valence-electron chi connectivity index (χ3n) is 8.45. The fourth-order valence-corrected chi connectivity index (χ4v) is 6.55. The minimum Gasteiger partial charge on any atom is -0.744 e.